The minimum Gasteiger partial charge on any atom is -0.324 e. The Balaban J connectivity index is 2.45. The summed E-state index contributed by atoms with van der Waals surface area (Å²) < 4.78 is 0. The molecule has 0 spiro atoms. The van der Waals surface area contributed by atoms with Gasteiger partial charge in [-0.25, -0.2) is 0 Å². The van der Waals surface area contributed by atoms with E-state index in [0.29, 0.717) is 0 Å². The van der Waals surface area contributed by atoms with Crippen LogP contribution in [0.25, 0.3) is 11.1 Å². The van der Waals surface area contributed by atoms with Gasteiger partial charge < -0.3 is 5.73 Å². The molecule has 92 valence electrons. The molecule has 2 rings (SSSR count). The maximum atomic E-state index is 10.7. The van der Waals surface area contributed by atoms with Gasteiger partial charge >= 0.3 is 0 Å². The number of hydrogen-bond acceptors (Lipinski definition) is 4. The maximum absolute atomic E-state index is 10.7. The number of nitrogens with two attached hydrogens (primary N) is 1. The van der Waals surface area contributed by atoms with Crippen molar-refractivity contribution in [1.82, 2.24) is 4.98 Å². The predicted molar refractivity (Wildman–Crippen MR) is 68.9 cm³/mol. The zero-order chi connectivity index (χ0) is 13.1. The van der Waals surface area contributed by atoms with Crippen LogP contribution in [0.5, 0.6) is 0 Å². The van der Waals surface area contributed by atoms with Gasteiger partial charge in [-0.3, -0.25) is 15.1 Å². The Hall–Kier alpha value is -2.27. The molecular weight excluding hydrogens is 230 g/mol. The maximum Gasteiger partial charge on any atom is 0.270 e. The van der Waals surface area contributed by atoms with Crippen molar-refractivity contribution >= 4 is 5.69 Å². The van der Waals surface area contributed by atoms with Crippen LogP contribution in [-0.4, -0.2) is 9.91 Å². The second kappa shape index (κ2) is 4.93. The van der Waals surface area contributed by atoms with E-state index in [1.165, 1.54) is 12.1 Å². The predicted octanol–water partition coefficient (Wildman–Crippen LogP) is 2.68. The fraction of sp³-hybridized carbons (Fsp3) is 0.154. The summed E-state index contributed by atoms with van der Waals surface area (Å²) in [6.07, 6.45) is 3.37. The highest BCUT2D eigenvalue weighted by molar-refractivity contribution is 5.65. The second-order valence-corrected chi connectivity index (χ2v) is 4.10. The number of benzene rings is 1. The summed E-state index contributed by atoms with van der Waals surface area (Å²) in [5.41, 5.74) is 8.35. The molecule has 0 aliphatic heterocycles. The molecule has 1 aromatic carbocycles. The molecule has 1 unspecified atom stereocenters. The van der Waals surface area contributed by atoms with Crippen molar-refractivity contribution in [3.8, 4) is 11.1 Å². The van der Waals surface area contributed by atoms with E-state index in [9.17, 15) is 10.1 Å². The number of nitro benzene ring substituents is 1. The van der Waals surface area contributed by atoms with Crippen molar-refractivity contribution in [3.63, 3.8) is 0 Å². The molecule has 2 N–H and O–H groups in total. The summed E-state index contributed by atoms with van der Waals surface area (Å²) in [5.74, 6) is 0. The Morgan fingerprint density at radius 2 is 2.06 bits per heavy atom. The van der Waals surface area contributed by atoms with Gasteiger partial charge in [0.25, 0.3) is 5.69 Å². The monoisotopic (exact) mass is 243 g/mol. The highest BCUT2D eigenvalue weighted by Gasteiger charge is 2.08. The highest BCUT2D eigenvalue weighted by atomic mass is 16.6. The molecule has 2 aromatic rings. The lowest BCUT2D eigenvalue weighted by Crippen LogP contribution is -2.05. The molecule has 0 aliphatic carbocycles. The van der Waals surface area contributed by atoms with E-state index in [1.807, 2.05) is 19.1 Å². The van der Waals surface area contributed by atoms with Gasteiger partial charge in [0, 0.05) is 36.1 Å². The molecule has 0 saturated carbocycles. The molecule has 18 heavy (non-hydrogen) atoms. The average molecular weight is 243 g/mol. The summed E-state index contributed by atoms with van der Waals surface area (Å²) in [7, 11) is 0. The Kier molecular flexibility index (Phi) is 3.34. The lowest BCUT2D eigenvalue weighted by atomic mass is 10.0. The van der Waals surface area contributed by atoms with E-state index in [1.54, 1.807) is 18.5 Å². The molecule has 5 heteroatoms. The highest BCUT2D eigenvalue weighted by Crippen LogP contribution is 2.24. The Labute approximate surface area is 104 Å². The number of nitrogens with zero attached hydrogens (tertiary/aromatic N) is 2. The van der Waals surface area contributed by atoms with Crippen LogP contribution in [0.1, 0.15) is 18.5 Å². The van der Waals surface area contributed by atoms with Crippen LogP contribution in [0.4, 0.5) is 5.69 Å². The number of rotatable bonds is 3. The molecular formula is C13H13N3O2. The molecule has 1 atom stereocenters. The van der Waals surface area contributed by atoms with Crippen molar-refractivity contribution in [2.24, 2.45) is 5.73 Å². The van der Waals surface area contributed by atoms with Crippen LogP contribution in [0.15, 0.2) is 42.7 Å². The van der Waals surface area contributed by atoms with E-state index in [-0.39, 0.29) is 11.7 Å². The van der Waals surface area contributed by atoms with Gasteiger partial charge in [-0.2, -0.15) is 0 Å². The molecule has 0 fully saturated rings. The van der Waals surface area contributed by atoms with Gasteiger partial charge in [-0.05, 0) is 24.1 Å². The smallest absolute Gasteiger partial charge is 0.270 e. The SMILES string of the molecule is CC(N)c1cncc(-c2cccc([N+](=O)[O-])c2)c1. The molecule has 0 bridgehead atoms. The Bertz CT molecular complexity index is 582. The Morgan fingerprint density at radius 1 is 1.28 bits per heavy atom. The molecule has 0 radical (unpaired) electrons. The lowest BCUT2D eigenvalue weighted by molar-refractivity contribution is -0.384. The minimum atomic E-state index is -0.410. The Morgan fingerprint density at radius 3 is 2.72 bits per heavy atom. The van der Waals surface area contributed by atoms with Crippen LogP contribution < -0.4 is 5.73 Å². The normalized spacial score (nSPS) is 12.1. The fourth-order valence-corrected chi connectivity index (χ4v) is 1.66. The first kappa shape index (κ1) is 12.2. The van der Waals surface area contributed by atoms with Gasteiger partial charge in [0.1, 0.15) is 0 Å². The largest absolute Gasteiger partial charge is 0.324 e. The summed E-state index contributed by atoms with van der Waals surface area (Å²) in [6, 6.07) is 8.25. The molecule has 0 saturated heterocycles. The number of nitro groups is 1. The molecule has 0 amide bonds. The number of pyridine rings is 1. The third kappa shape index (κ3) is 2.52. The van der Waals surface area contributed by atoms with Crippen molar-refractivity contribution in [3.05, 3.63) is 58.4 Å². The summed E-state index contributed by atoms with van der Waals surface area (Å²) >= 11 is 0. The second-order valence-electron chi connectivity index (χ2n) is 4.10. The van der Waals surface area contributed by atoms with E-state index < -0.39 is 4.92 Å². The van der Waals surface area contributed by atoms with E-state index >= 15 is 0 Å². The van der Waals surface area contributed by atoms with Crippen LogP contribution in [0.3, 0.4) is 0 Å². The van der Waals surface area contributed by atoms with Crippen molar-refractivity contribution in [1.29, 1.82) is 0 Å². The molecule has 5 nitrogen and oxygen atoms in total. The summed E-state index contributed by atoms with van der Waals surface area (Å²) in [5, 5.41) is 10.7. The zero-order valence-electron chi connectivity index (χ0n) is 9.91. The van der Waals surface area contributed by atoms with E-state index in [0.717, 1.165) is 16.7 Å². The number of hydrogen-bond donors (Lipinski definition) is 1. The van der Waals surface area contributed by atoms with Crippen molar-refractivity contribution in [2.75, 3.05) is 0 Å². The van der Waals surface area contributed by atoms with Crippen LogP contribution >= 0.6 is 0 Å². The standard InChI is InChI=1S/C13H13N3O2/c1-9(14)11-5-12(8-15-7-11)10-3-2-4-13(6-10)16(17)18/h2-9H,14H2,1H3. The fourth-order valence-electron chi connectivity index (χ4n) is 1.66. The molecule has 0 aliphatic rings. The summed E-state index contributed by atoms with van der Waals surface area (Å²) in [4.78, 5) is 14.4. The first-order valence-electron chi connectivity index (χ1n) is 5.53. The van der Waals surface area contributed by atoms with Crippen molar-refractivity contribution < 1.29 is 4.92 Å². The number of aromatic nitrogens is 1. The van der Waals surface area contributed by atoms with E-state index in [2.05, 4.69) is 4.98 Å². The topological polar surface area (TPSA) is 82.0 Å². The minimum absolute atomic E-state index is 0.0682. The average Bonchev–Trinajstić information content (AvgIpc) is 2.39. The van der Waals surface area contributed by atoms with Crippen LogP contribution in [0.2, 0.25) is 0 Å². The van der Waals surface area contributed by atoms with Crippen molar-refractivity contribution in [2.45, 2.75) is 13.0 Å². The number of non-ortho nitro benzene ring substituents is 1. The molecule has 1 heterocycles. The van der Waals surface area contributed by atoms with Crippen LogP contribution in [0, 0.1) is 10.1 Å². The summed E-state index contributed by atoms with van der Waals surface area (Å²) in [6.45, 7) is 1.87. The third-order valence-corrected chi connectivity index (χ3v) is 2.68. The quantitative estimate of drug-likeness (QED) is 0.663. The van der Waals surface area contributed by atoms with Gasteiger partial charge in [0.05, 0.1) is 4.92 Å². The lowest BCUT2D eigenvalue weighted by Gasteiger charge is -2.07. The van der Waals surface area contributed by atoms with Gasteiger partial charge in [-0.1, -0.05) is 12.1 Å². The van der Waals surface area contributed by atoms with Gasteiger partial charge in [0.15, 0.2) is 0 Å². The van der Waals surface area contributed by atoms with Gasteiger partial charge in [0.2, 0.25) is 0 Å². The molecule has 1 aromatic heterocycles. The van der Waals surface area contributed by atoms with Gasteiger partial charge in [-0.15, -0.1) is 0 Å². The van der Waals surface area contributed by atoms with Crippen LogP contribution in [-0.2, 0) is 0 Å². The zero-order valence-corrected chi connectivity index (χ0v) is 9.91. The third-order valence-electron chi connectivity index (χ3n) is 2.68. The first-order chi connectivity index (χ1) is 8.58. The van der Waals surface area contributed by atoms with E-state index in [4.69, 9.17) is 5.73 Å². The first-order valence-corrected chi connectivity index (χ1v) is 5.53.